The highest BCUT2D eigenvalue weighted by Crippen LogP contribution is 2.39. The second-order valence-electron chi connectivity index (χ2n) is 3.10. The van der Waals surface area contributed by atoms with Crippen molar-refractivity contribution in [1.29, 1.82) is 0 Å². The number of benzene rings is 1. The van der Waals surface area contributed by atoms with E-state index in [1.807, 2.05) is 12.1 Å². The summed E-state index contributed by atoms with van der Waals surface area (Å²) in [6.45, 7) is 1.72. The topological polar surface area (TPSA) is 44.5 Å². The molecule has 14 heavy (non-hydrogen) atoms. The van der Waals surface area contributed by atoms with Crippen LogP contribution in [0.3, 0.4) is 0 Å². The Morgan fingerprint density at radius 3 is 2.86 bits per heavy atom. The summed E-state index contributed by atoms with van der Waals surface area (Å²) in [5.41, 5.74) is 6.49. The van der Waals surface area contributed by atoms with Crippen LogP contribution in [-0.2, 0) is 6.42 Å². The quantitative estimate of drug-likeness (QED) is 0.812. The summed E-state index contributed by atoms with van der Waals surface area (Å²) in [6, 6.07) is 3.81. The molecular weight excluding hydrogens is 202 g/mol. The molecule has 1 aliphatic rings. The Bertz CT molecular complexity index is 341. The van der Waals surface area contributed by atoms with Crippen LogP contribution >= 0.6 is 11.6 Å². The first-order chi connectivity index (χ1) is 6.83. The lowest BCUT2D eigenvalue weighted by molar-refractivity contribution is 0.171. The molecule has 1 heterocycles. The Kier molecular flexibility index (Phi) is 2.79. The number of hydrogen-bond acceptors (Lipinski definition) is 3. The van der Waals surface area contributed by atoms with Crippen molar-refractivity contribution in [3.8, 4) is 11.5 Å². The number of halogens is 1. The van der Waals surface area contributed by atoms with Crippen molar-refractivity contribution in [2.75, 3.05) is 19.8 Å². The molecule has 76 valence electrons. The number of fused-ring (bicyclic) bond motifs is 1. The van der Waals surface area contributed by atoms with E-state index in [1.54, 1.807) is 0 Å². The maximum atomic E-state index is 6.14. The summed E-state index contributed by atoms with van der Waals surface area (Å²) in [4.78, 5) is 0. The molecule has 2 N–H and O–H groups in total. The van der Waals surface area contributed by atoms with Crippen LogP contribution in [-0.4, -0.2) is 19.8 Å². The lowest BCUT2D eigenvalue weighted by atomic mass is 10.1. The molecular formula is C10H12ClNO2. The third-order valence-corrected chi connectivity index (χ3v) is 2.56. The molecule has 0 unspecified atom stereocenters. The van der Waals surface area contributed by atoms with Crippen LogP contribution in [0.5, 0.6) is 11.5 Å². The number of hydrogen-bond donors (Lipinski definition) is 1. The molecule has 0 fully saturated rings. The number of nitrogens with two attached hydrogens (primary N) is 1. The molecule has 2 rings (SSSR count). The average molecular weight is 214 g/mol. The Morgan fingerprint density at radius 2 is 2.07 bits per heavy atom. The zero-order valence-electron chi connectivity index (χ0n) is 7.75. The molecule has 0 bridgehead atoms. The van der Waals surface area contributed by atoms with E-state index in [0.29, 0.717) is 30.5 Å². The molecule has 0 atom stereocenters. The van der Waals surface area contributed by atoms with Gasteiger partial charge in [0.1, 0.15) is 13.2 Å². The Balaban J connectivity index is 2.38. The van der Waals surface area contributed by atoms with Gasteiger partial charge < -0.3 is 15.2 Å². The largest absolute Gasteiger partial charge is 0.486 e. The van der Waals surface area contributed by atoms with E-state index in [9.17, 15) is 0 Å². The SMILES string of the molecule is NCCc1ccc2c(c1Cl)OCCO2. The first-order valence-electron chi connectivity index (χ1n) is 4.60. The summed E-state index contributed by atoms with van der Waals surface area (Å²) in [5, 5.41) is 0.632. The second-order valence-corrected chi connectivity index (χ2v) is 3.48. The van der Waals surface area contributed by atoms with Crippen LogP contribution in [0, 0.1) is 0 Å². The van der Waals surface area contributed by atoms with Crippen molar-refractivity contribution >= 4 is 11.6 Å². The zero-order valence-corrected chi connectivity index (χ0v) is 8.51. The Hall–Kier alpha value is -0.930. The van der Waals surface area contributed by atoms with Crippen LogP contribution in [0.1, 0.15) is 5.56 Å². The summed E-state index contributed by atoms with van der Waals surface area (Å²) in [6.07, 6.45) is 0.759. The molecule has 0 radical (unpaired) electrons. The minimum atomic E-state index is 0.554. The molecule has 0 saturated heterocycles. The van der Waals surface area contributed by atoms with Crippen LogP contribution in [0.4, 0.5) is 0 Å². The van der Waals surface area contributed by atoms with Gasteiger partial charge in [0.2, 0.25) is 0 Å². The number of rotatable bonds is 2. The Labute approximate surface area is 87.8 Å². The molecule has 0 saturated carbocycles. The van der Waals surface area contributed by atoms with Gasteiger partial charge in [-0.3, -0.25) is 0 Å². The average Bonchev–Trinajstić information content (AvgIpc) is 2.23. The second kappa shape index (κ2) is 4.07. The maximum absolute atomic E-state index is 6.14. The van der Waals surface area contributed by atoms with Gasteiger partial charge in [-0.15, -0.1) is 0 Å². The standard InChI is InChI=1S/C10H12ClNO2/c11-9-7(3-4-12)1-2-8-10(9)14-6-5-13-8/h1-2H,3-6,12H2. The highest BCUT2D eigenvalue weighted by atomic mass is 35.5. The van der Waals surface area contributed by atoms with Crippen LogP contribution in [0.25, 0.3) is 0 Å². The minimum absolute atomic E-state index is 0.554. The fourth-order valence-electron chi connectivity index (χ4n) is 1.47. The van der Waals surface area contributed by atoms with Gasteiger partial charge in [-0.2, -0.15) is 0 Å². The number of ether oxygens (including phenoxy) is 2. The van der Waals surface area contributed by atoms with Crippen molar-refractivity contribution in [3.63, 3.8) is 0 Å². The highest BCUT2D eigenvalue weighted by Gasteiger charge is 2.17. The molecule has 1 aromatic rings. The lowest BCUT2D eigenvalue weighted by Crippen LogP contribution is -2.16. The van der Waals surface area contributed by atoms with Crippen LogP contribution in [0.15, 0.2) is 12.1 Å². The van der Waals surface area contributed by atoms with E-state index in [2.05, 4.69) is 0 Å². The smallest absolute Gasteiger partial charge is 0.180 e. The predicted molar refractivity (Wildman–Crippen MR) is 55.2 cm³/mol. The van der Waals surface area contributed by atoms with Gasteiger partial charge in [-0.25, -0.2) is 0 Å². The molecule has 0 spiro atoms. The van der Waals surface area contributed by atoms with Crippen molar-refractivity contribution in [2.45, 2.75) is 6.42 Å². The third-order valence-electron chi connectivity index (χ3n) is 2.14. The van der Waals surface area contributed by atoms with Gasteiger partial charge >= 0.3 is 0 Å². The molecule has 3 nitrogen and oxygen atoms in total. The summed E-state index contributed by atoms with van der Waals surface area (Å²) < 4.78 is 10.8. The fraction of sp³-hybridized carbons (Fsp3) is 0.400. The third kappa shape index (κ3) is 1.65. The van der Waals surface area contributed by atoms with Gasteiger partial charge in [0.05, 0.1) is 5.02 Å². The van der Waals surface area contributed by atoms with E-state index >= 15 is 0 Å². The van der Waals surface area contributed by atoms with Crippen molar-refractivity contribution in [1.82, 2.24) is 0 Å². The van der Waals surface area contributed by atoms with Gasteiger partial charge in [-0.1, -0.05) is 17.7 Å². The fourth-order valence-corrected chi connectivity index (χ4v) is 1.78. The van der Waals surface area contributed by atoms with Gasteiger partial charge in [-0.05, 0) is 24.6 Å². The van der Waals surface area contributed by atoms with Gasteiger partial charge in [0.15, 0.2) is 11.5 Å². The predicted octanol–water partition coefficient (Wildman–Crippen LogP) is 1.61. The first kappa shape index (κ1) is 9.62. The summed E-state index contributed by atoms with van der Waals surface area (Å²) in [7, 11) is 0. The van der Waals surface area contributed by atoms with Crippen LogP contribution in [0.2, 0.25) is 5.02 Å². The highest BCUT2D eigenvalue weighted by molar-refractivity contribution is 6.33. The van der Waals surface area contributed by atoms with Gasteiger partial charge in [0.25, 0.3) is 0 Å². The van der Waals surface area contributed by atoms with Crippen molar-refractivity contribution < 1.29 is 9.47 Å². The maximum Gasteiger partial charge on any atom is 0.180 e. The first-order valence-corrected chi connectivity index (χ1v) is 4.98. The van der Waals surface area contributed by atoms with Crippen molar-refractivity contribution in [3.05, 3.63) is 22.7 Å². The minimum Gasteiger partial charge on any atom is -0.486 e. The van der Waals surface area contributed by atoms with E-state index in [4.69, 9.17) is 26.8 Å². The molecule has 4 heteroatoms. The normalized spacial score (nSPS) is 14.1. The molecule has 1 aromatic carbocycles. The molecule has 0 amide bonds. The van der Waals surface area contributed by atoms with Crippen molar-refractivity contribution in [2.24, 2.45) is 5.73 Å². The zero-order chi connectivity index (χ0) is 9.97. The van der Waals surface area contributed by atoms with E-state index in [-0.39, 0.29) is 0 Å². The van der Waals surface area contributed by atoms with E-state index < -0.39 is 0 Å². The van der Waals surface area contributed by atoms with E-state index in [1.165, 1.54) is 0 Å². The molecule has 0 aliphatic carbocycles. The monoisotopic (exact) mass is 213 g/mol. The summed E-state index contributed by atoms with van der Waals surface area (Å²) >= 11 is 6.14. The van der Waals surface area contributed by atoms with E-state index in [0.717, 1.165) is 17.7 Å². The summed E-state index contributed by atoms with van der Waals surface area (Å²) in [5.74, 6) is 1.38. The Morgan fingerprint density at radius 1 is 1.29 bits per heavy atom. The van der Waals surface area contributed by atoms with Crippen LogP contribution < -0.4 is 15.2 Å². The lowest BCUT2D eigenvalue weighted by Gasteiger charge is -2.20. The molecule has 0 aromatic heterocycles. The molecule has 1 aliphatic heterocycles. The van der Waals surface area contributed by atoms with Gasteiger partial charge in [0, 0.05) is 0 Å².